The molecule has 0 amide bonds. The van der Waals surface area contributed by atoms with Crippen molar-refractivity contribution in [1.82, 2.24) is 19.8 Å². The van der Waals surface area contributed by atoms with E-state index in [2.05, 4.69) is 56.2 Å². The van der Waals surface area contributed by atoms with E-state index in [0.29, 0.717) is 10.0 Å². The number of nitrogens with zero attached hydrogens (tertiary/aromatic N) is 2. The number of halogens is 2. The third-order valence-electron chi connectivity index (χ3n) is 7.96. The number of nitrogens with one attached hydrogen (secondary N) is 2. The third kappa shape index (κ3) is 4.88. The second-order valence-electron chi connectivity index (χ2n) is 10.4. The zero-order chi connectivity index (χ0) is 28.8. The SMILES string of the molecule is S=C(c1c(-c2ccc(Cl)cc2)[nH]c2ccccc12)N1CCN(C(=S)c2c(-c3ccc(Cl)cc3)[nH]c3ccccc23)CC1. The summed E-state index contributed by atoms with van der Waals surface area (Å²) in [5.74, 6) is 0. The fourth-order valence-electron chi connectivity index (χ4n) is 5.82. The molecule has 7 rings (SSSR count). The van der Waals surface area contributed by atoms with Gasteiger partial charge in [-0.3, -0.25) is 0 Å². The number of rotatable bonds is 4. The van der Waals surface area contributed by atoms with Crippen LogP contribution in [0.25, 0.3) is 44.3 Å². The number of hydrogen-bond acceptors (Lipinski definition) is 2. The van der Waals surface area contributed by atoms with Crippen LogP contribution in [0.4, 0.5) is 0 Å². The summed E-state index contributed by atoms with van der Waals surface area (Å²) in [7, 11) is 0. The molecule has 208 valence electrons. The molecular weight excluding hydrogens is 599 g/mol. The maximum atomic E-state index is 6.19. The number of aromatic amines is 2. The molecule has 0 unspecified atom stereocenters. The Morgan fingerprint density at radius 3 is 1.26 bits per heavy atom. The van der Waals surface area contributed by atoms with Crippen LogP contribution >= 0.6 is 47.6 Å². The summed E-state index contributed by atoms with van der Waals surface area (Å²) in [6, 6.07) is 32.5. The van der Waals surface area contributed by atoms with E-state index in [0.717, 1.165) is 91.6 Å². The van der Waals surface area contributed by atoms with Crippen LogP contribution in [0.1, 0.15) is 11.1 Å². The average Bonchev–Trinajstić information content (AvgIpc) is 3.60. The molecule has 1 fully saturated rings. The summed E-state index contributed by atoms with van der Waals surface area (Å²) in [4.78, 5) is 13.5. The predicted octanol–water partition coefficient (Wildman–Crippen LogP) is 8.96. The van der Waals surface area contributed by atoms with Crippen molar-refractivity contribution in [2.24, 2.45) is 0 Å². The summed E-state index contributed by atoms with van der Waals surface area (Å²) in [5, 5.41) is 3.66. The number of fused-ring (bicyclic) bond motifs is 2. The predicted molar refractivity (Wildman–Crippen MR) is 184 cm³/mol. The van der Waals surface area contributed by atoms with E-state index in [1.54, 1.807) is 0 Å². The van der Waals surface area contributed by atoms with Crippen LogP contribution in [0.15, 0.2) is 97.1 Å². The van der Waals surface area contributed by atoms with Gasteiger partial charge in [-0.05, 0) is 47.5 Å². The standard InChI is InChI=1S/C34H26Cl2N4S2/c35-23-13-9-21(10-14-23)31-29(25-5-1-3-7-27(25)37-31)33(41)39-17-19-40(20-18-39)34(42)30-26-6-2-4-8-28(26)38-32(30)22-11-15-24(36)16-12-22/h1-16,37-38H,17-20H2. The Bertz CT molecular complexity index is 1810. The van der Waals surface area contributed by atoms with Crippen molar-refractivity contribution >= 4 is 79.4 Å². The molecule has 0 spiro atoms. The molecule has 1 aliphatic heterocycles. The van der Waals surface area contributed by atoms with Gasteiger partial charge in [0.1, 0.15) is 9.98 Å². The minimum atomic E-state index is 0.709. The number of thiocarbonyl (C=S) groups is 2. The second-order valence-corrected chi connectivity index (χ2v) is 12.1. The first-order valence-corrected chi connectivity index (χ1v) is 15.4. The highest BCUT2D eigenvalue weighted by molar-refractivity contribution is 7.81. The molecule has 8 heteroatoms. The molecule has 2 aromatic heterocycles. The monoisotopic (exact) mass is 624 g/mol. The maximum Gasteiger partial charge on any atom is 0.112 e. The molecule has 6 aromatic rings. The van der Waals surface area contributed by atoms with E-state index in [4.69, 9.17) is 47.6 Å². The zero-order valence-electron chi connectivity index (χ0n) is 22.5. The van der Waals surface area contributed by atoms with Gasteiger partial charge in [0.2, 0.25) is 0 Å². The second kappa shape index (κ2) is 11.2. The molecule has 4 nitrogen and oxygen atoms in total. The van der Waals surface area contributed by atoms with Crippen LogP contribution < -0.4 is 0 Å². The van der Waals surface area contributed by atoms with Crippen molar-refractivity contribution in [1.29, 1.82) is 0 Å². The number of para-hydroxylation sites is 2. The third-order valence-corrected chi connectivity index (χ3v) is 9.39. The van der Waals surface area contributed by atoms with Gasteiger partial charge in [0.15, 0.2) is 0 Å². The topological polar surface area (TPSA) is 38.1 Å². The van der Waals surface area contributed by atoms with Gasteiger partial charge in [0.05, 0.1) is 11.4 Å². The fraction of sp³-hybridized carbons (Fsp3) is 0.118. The van der Waals surface area contributed by atoms with Crippen LogP contribution in [0.5, 0.6) is 0 Å². The van der Waals surface area contributed by atoms with Crippen molar-refractivity contribution in [3.05, 3.63) is 118 Å². The van der Waals surface area contributed by atoms with Gasteiger partial charge >= 0.3 is 0 Å². The van der Waals surface area contributed by atoms with Crippen molar-refractivity contribution < 1.29 is 0 Å². The number of benzene rings is 4. The lowest BCUT2D eigenvalue weighted by Crippen LogP contribution is -2.50. The Hall–Kier alpha value is -3.68. The van der Waals surface area contributed by atoms with Gasteiger partial charge in [0, 0.05) is 69.2 Å². The lowest BCUT2D eigenvalue weighted by atomic mass is 10.0. The van der Waals surface area contributed by atoms with E-state index in [1.165, 1.54) is 0 Å². The van der Waals surface area contributed by atoms with Crippen LogP contribution in [-0.4, -0.2) is 55.9 Å². The Morgan fingerprint density at radius 1 is 0.524 bits per heavy atom. The molecule has 0 atom stereocenters. The molecule has 1 saturated heterocycles. The molecule has 0 radical (unpaired) electrons. The maximum absolute atomic E-state index is 6.19. The highest BCUT2D eigenvalue weighted by atomic mass is 35.5. The number of hydrogen-bond donors (Lipinski definition) is 2. The smallest absolute Gasteiger partial charge is 0.112 e. The lowest BCUT2D eigenvalue weighted by molar-refractivity contribution is 0.265. The average molecular weight is 626 g/mol. The van der Waals surface area contributed by atoms with Crippen LogP contribution in [0.3, 0.4) is 0 Å². The summed E-state index contributed by atoms with van der Waals surface area (Å²) in [5.41, 5.74) is 8.39. The van der Waals surface area contributed by atoms with Crippen LogP contribution in [0, 0.1) is 0 Å². The van der Waals surface area contributed by atoms with Gasteiger partial charge in [-0.15, -0.1) is 0 Å². The van der Waals surface area contributed by atoms with E-state index in [9.17, 15) is 0 Å². The first-order valence-electron chi connectivity index (χ1n) is 13.8. The molecule has 0 saturated carbocycles. The van der Waals surface area contributed by atoms with E-state index in [1.807, 2.05) is 60.7 Å². The van der Waals surface area contributed by atoms with Crippen molar-refractivity contribution in [3.8, 4) is 22.5 Å². The molecule has 4 aromatic carbocycles. The van der Waals surface area contributed by atoms with Gasteiger partial charge < -0.3 is 19.8 Å². The quantitative estimate of drug-likeness (QED) is 0.192. The molecule has 0 bridgehead atoms. The number of H-pyrrole nitrogens is 2. The summed E-state index contributed by atoms with van der Waals surface area (Å²) in [6.45, 7) is 3.10. The molecule has 3 heterocycles. The summed E-state index contributed by atoms with van der Waals surface area (Å²) in [6.07, 6.45) is 0. The highest BCUT2D eigenvalue weighted by Gasteiger charge is 2.28. The van der Waals surface area contributed by atoms with E-state index >= 15 is 0 Å². The largest absolute Gasteiger partial charge is 0.359 e. The normalized spacial score (nSPS) is 13.7. The minimum Gasteiger partial charge on any atom is -0.359 e. The first-order chi connectivity index (χ1) is 20.5. The zero-order valence-corrected chi connectivity index (χ0v) is 25.7. The van der Waals surface area contributed by atoms with Crippen LogP contribution in [-0.2, 0) is 0 Å². The molecule has 1 aliphatic rings. The Labute approximate surface area is 264 Å². The van der Waals surface area contributed by atoms with E-state index in [-0.39, 0.29) is 0 Å². The number of aromatic nitrogens is 2. The van der Waals surface area contributed by atoms with Crippen molar-refractivity contribution in [2.45, 2.75) is 0 Å². The Kier molecular flexibility index (Phi) is 7.24. The van der Waals surface area contributed by atoms with Gasteiger partial charge in [-0.1, -0.05) is 108 Å². The van der Waals surface area contributed by atoms with Gasteiger partial charge in [0.25, 0.3) is 0 Å². The first kappa shape index (κ1) is 27.2. The van der Waals surface area contributed by atoms with Crippen molar-refractivity contribution in [2.75, 3.05) is 26.2 Å². The summed E-state index contributed by atoms with van der Waals surface area (Å²) >= 11 is 24.8. The Balaban J connectivity index is 1.17. The molecule has 42 heavy (non-hydrogen) atoms. The van der Waals surface area contributed by atoms with Gasteiger partial charge in [-0.2, -0.15) is 0 Å². The minimum absolute atomic E-state index is 0.709. The fourth-order valence-corrected chi connectivity index (χ4v) is 6.86. The lowest BCUT2D eigenvalue weighted by Gasteiger charge is -2.38. The molecule has 0 aliphatic carbocycles. The van der Waals surface area contributed by atoms with Gasteiger partial charge in [-0.25, -0.2) is 0 Å². The van der Waals surface area contributed by atoms with Crippen LogP contribution in [0.2, 0.25) is 10.0 Å². The highest BCUT2D eigenvalue weighted by Crippen LogP contribution is 2.35. The van der Waals surface area contributed by atoms with Crippen molar-refractivity contribution in [3.63, 3.8) is 0 Å². The molecular formula is C34H26Cl2N4S2. The number of piperazine rings is 1. The molecule has 2 N–H and O–H groups in total. The Morgan fingerprint density at radius 2 is 0.881 bits per heavy atom. The summed E-state index contributed by atoms with van der Waals surface area (Å²) < 4.78 is 0. The van der Waals surface area contributed by atoms with E-state index < -0.39 is 0 Å².